The van der Waals surface area contributed by atoms with Crippen molar-refractivity contribution in [2.75, 3.05) is 5.32 Å². The number of nitrogens with one attached hydrogen (secondary N) is 1. The lowest BCUT2D eigenvalue weighted by Crippen LogP contribution is -2.02. The van der Waals surface area contributed by atoms with Crippen LogP contribution < -0.4 is 5.32 Å². The Morgan fingerprint density at radius 1 is 1.12 bits per heavy atom. The molecule has 16 heavy (non-hydrogen) atoms. The van der Waals surface area contributed by atoms with Crippen LogP contribution in [0.3, 0.4) is 0 Å². The Kier molecular flexibility index (Phi) is 3.10. The second-order valence-electron chi connectivity index (χ2n) is 3.22. The van der Waals surface area contributed by atoms with Gasteiger partial charge in [-0.1, -0.05) is 30.3 Å². The molecule has 0 amide bonds. The average molecular weight is 210 g/mol. The normalized spacial score (nSPS) is 9.44. The van der Waals surface area contributed by atoms with Crippen LogP contribution in [0, 0.1) is 6.57 Å². The van der Waals surface area contributed by atoms with E-state index in [1.807, 2.05) is 30.3 Å². The third-order valence-corrected chi connectivity index (χ3v) is 2.06. The molecule has 2 rings (SSSR count). The number of rotatable bonds is 3. The standard InChI is InChI=1S/C12H10N4/c1-13-11-8-15-12(16-9-11)14-7-10-5-3-2-4-6-10/h2-6,8-9H,7H2,(H,14,15,16). The highest BCUT2D eigenvalue weighted by molar-refractivity contribution is 5.42. The first kappa shape index (κ1) is 10.1. The van der Waals surface area contributed by atoms with Crippen LogP contribution in [-0.2, 0) is 6.54 Å². The molecule has 1 heterocycles. The van der Waals surface area contributed by atoms with Crippen molar-refractivity contribution < 1.29 is 0 Å². The van der Waals surface area contributed by atoms with Crippen LogP contribution in [0.25, 0.3) is 4.85 Å². The third-order valence-electron chi connectivity index (χ3n) is 2.06. The van der Waals surface area contributed by atoms with Crippen molar-refractivity contribution in [3.63, 3.8) is 0 Å². The first-order valence-corrected chi connectivity index (χ1v) is 4.86. The van der Waals surface area contributed by atoms with E-state index in [0.717, 1.165) is 0 Å². The molecule has 0 saturated carbocycles. The van der Waals surface area contributed by atoms with Crippen LogP contribution >= 0.6 is 0 Å². The molecule has 0 aliphatic heterocycles. The first-order valence-electron chi connectivity index (χ1n) is 4.86. The van der Waals surface area contributed by atoms with Crippen LogP contribution in [0.1, 0.15) is 5.56 Å². The Morgan fingerprint density at radius 2 is 1.81 bits per heavy atom. The molecule has 0 spiro atoms. The zero-order valence-corrected chi connectivity index (χ0v) is 8.59. The van der Waals surface area contributed by atoms with E-state index in [4.69, 9.17) is 6.57 Å². The Morgan fingerprint density at radius 3 is 2.44 bits per heavy atom. The Bertz CT molecular complexity index is 485. The number of aromatic nitrogens is 2. The summed E-state index contributed by atoms with van der Waals surface area (Å²) in [5, 5.41) is 3.09. The quantitative estimate of drug-likeness (QED) is 0.792. The average Bonchev–Trinajstić information content (AvgIpc) is 2.38. The monoisotopic (exact) mass is 210 g/mol. The highest BCUT2D eigenvalue weighted by atomic mass is 15.1. The fraction of sp³-hybridized carbons (Fsp3) is 0.0833. The van der Waals surface area contributed by atoms with Gasteiger partial charge in [-0.3, -0.25) is 0 Å². The molecular weight excluding hydrogens is 200 g/mol. The van der Waals surface area contributed by atoms with E-state index in [0.29, 0.717) is 18.2 Å². The van der Waals surface area contributed by atoms with Crippen LogP contribution in [0.4, 0.5) is 11.6 Å². The van der Waals surface area contributed by atoms with Gasteiger partial charge >= 0.3 is 0 Å². The number of hydrogen-bond donors (Lipinski definition) is 1. The van der Waals surface area contributed by atoms with Crippen molar-refractivity contribution in [2.45, 2.75) is 6.54 Å². The van der Waals surface area contributed by atoms with Crippen LogP contribution in [0.15, 0.2) is 42.7 Å². The van der Waals surface area contributed by atoms with E-state index < -0.39 is 0 Å². The molecule has 0 aliphatic carbocycles. The number of anilines is 1. The molecule has 1 aromatic heterocycles. The summed E-state index contributed by atoms with van der Waals surface area (Å²) in [7, 11) is 0. The Labute approximate surface area is 93.8 Å². The minimum Gasteiger partial charge on any atom is -0.350 e. The molecule has 2 aromatic rings. The maximum Gasteiger partial charge on any atom is 0.223 e. The SMILES string of the molecule is [C-]#[N+]c1cnc(NCc2ccccc2)nc1. The largest absolute Gasteiger partial charge is 0.350 e. The summed E-state index contributed by atoms with van der Waals surface area (Å²) >= 11 is 0. The molecular formula is C12H10N4. The van der Waals surface area contributed by atoms with Gasteiger partial charge in [0.15, 0.2) is 0 Å². The molecule has 0 unspecified atom stereocenters. The van der Waals surface area contributed by atoms with Gasteiger partial charge in [-0.05, 0) is 5.56 Å². The van der Waals surface area contributed by atoms with Gasteiger partial charge in [-0.25, -0.2) is 14.8 Å². The van der Waals surface area contributed by atoms with Gasteiger partial charge in [0.05, 0.1) is 6.57 Å². The van der Waals surface area contributed by atoms with Gasteiger partial charge in [-0.15, -0.1) is 0 Å². The van der Waals surface area contributed by atoms with E-state index >= 15 is 0 Å². The predicted molar refractivity (Wildman–Crippen MR) is 62.1 cm³/mol. The van der Waals surface area contributed by atoms with E-state index in [9.17, 15) is 0 Å². The van der Waals surface area contributed by atoms with E-state index in [1.165, 1.54) is 18.0 Å². The minimum atomic E-state index is 0.449. The lowest BCUT2D eigenvalue weighted by atomic mass is 10.2. The van der Waals surface area contributed by atoms with Gasteiger partial charge in [0, 0.05) is 18.9 Å². The number of nitrogens with zero attached hydrogens (tertiary/aromatic N) is 3. The van der Waals surface area contributed by atoms with E-state index in [-0.39, 0.29) is 0 Å². The zero-order valence-electron chi connectivity index (χ0n) is 8.59. The minimum absolute atomic E-state index is 0.449. The number of benzene rings is 1. The lowest BCUT2D eigenvalue weighted by molar-refractivity contribution is 1.06. The highest BCUT2D eigenvalue weighted by Gasteiger charge is 1.96. The van der Waals surface area contributed by atoms with Gasteiger partial charge in [0.1, 0.15) is 0 Å². The third kappa shape index (κ3) is 2.55. The summed E-state index contributed by atoms with van der Waals surface area (Å²) in [6.45, 7) is 7.45. The second-order valence-corrected chi connectivity index (χ2v) is 3.22. The summed E-state index contributed by atoms with van der Waals surface area (Å²) in [6.07, 6.45) is 3.01. The molecule has 0 saturated heterocycles. The molecule has 0 fully saturated rings. The van der Waals surface area contributed by atoms with E-state index in [1.54, 1.807) is 0 Å². The molecule has 0 atom stereocenters. The molecule has 4 nitrogen and oxygen atoms in total. The smallest absolute Gasteiger partial charge is 0.223 e. The summed E-state index contributed by atoms with van der Waals surface area (Å²) in [6, 6.07) is 10.0. The summed E-state index contributed by atoms with van der Waals surface area (Å²) in [5.41, 5.74) is 1.62. The summed E-state index contributed by atoms with van der Waals surface area (Å²) in [5.74, 6) is 0.538. The molecule has 0 radical (unpaired) electrons. The van der Waals surface area contributed by atoms with Crippen molar-refractivity contribution in [2.24, 2.45) is 0 Å². The maximum atomic E-state index is 6.78. The molecule has 78 valence electrons. The first-order chi connectivity index (χ1) is 7.88. The van der Waals surface area contributed by atoms with Crippen molar-refractivity contribution in [1.29, 1.82) is 0 Å². The fourth-order valence-corrected chi connectivity index (χ4v) is 1.25. The van der Waals surface area contributed by atoms with Crippen LogP contribution in [0.5, 0.6) is 0 Å². The molecule has 0 aliphatic rings. The van der Waals surface area contributed by atoms with Crippen molar-refractivity contribution >= 4 is 11.6 Å². The topological polar surface area (TPSA) is 42.2 Å². The van der Waals surface area contributed by atoms with Gasteiger partial charge in [0.25, 0.3) is 0 Å². The Hall–Kier alpha value is -2.41. The predicted octanol–water partition coefficient (Wildman–Crippen LogP) is 2.64. The van der Waals surface area contributed by atoms with Gasteiger partial charge in [-0.2, -0.15) is 0 Å². The number of hydrogen-bond acceptors (Lipinski definition) is 3. The zero-order chi connectivity index (χ0) is 11.2. The lowest BCUT2D eigenvalue weighted by Gasteiger charge is -2.03. The fourth-order valence-electron chi connectivity index (χ4n) is 1.25. The van der Waals surface area contributed by atoms with E-state index in [2.05, 4.69) is 20.1 Å². The molecule has 1 N–H and O–H groups in total. The van der Waals surface area contributed by atoms with Crippen molar-refractivity contribution in [3.05, 3.63) is 59.7 Å². The van der Waals surface area contributed by atoms with Crippen LogP contribution in [0.2, 0.25) is 0 Å². The van der Waals surface area contributed by atoms with Gasteiger partial charge < -0.3 is 5.32 Å². The summed E-state index contributed by atoms with van der Waals surface area (Å²) in [4.78, 5) is 11.3. The Balaban J connectivity index is 1.98. The molecule has 1 aromatic carbocycles. The molecule has 0 bridgehead atoms. The van der Waals surface area contributed by atoms with Crippen molar-refractivity contribution in [1.82, 2.24) is 9.97 Å². The maximum absolute atomic E-state index is 6.78. The van der Waals surface area contributed by atoms with Gasteiger partial charge in [0.2, 0.25) is 11.6 Å². The van der Waals surface area contributed by atoms with Crippen molar-refractivity contribution in [3.8, 4) is 0 Å². The molecule has 4 heteroatoms. The van der Waals surface area contributed by atoms with Crippen LogP contribution in [-0.4, -0.2) is 9.97 Å². The summed E-state index contributed by atoms with van der Waals surface area (Å²) < 4.78 is 0. The second kappa shape index (κ2) is 4.89. The highest BCUT2D eigenvalue weighted by Crippen LogP contribution is 2.09.